The fraction of sp³-hybridized carbons (Fsp3) is 0.500. The van der Waals surface area contributed by atoms with Crippen molar-refractivity contribution < 1.29 is 18.7 Å². The van der Waals surface area contributed by atoms with Gasteiger partial charge in [-0.25, -0.2) is 9.18 Å². The van der Waals surface area contributed by atoms with Gasteiger partial charge in [-0.3, -0.25) is 4.79 Å². The van der Waals surface area contributed by atoms with Crippen LogP contribution in [0.25, 0.3) is 0 Å². The number of carbonyl (C=O) groups is 2. The molecule has 0 bridgehead atoms. The van der Waals surface area contributed by atoms with E-state index in [0.29, 0.717) is 24.0 Å². The van der Waals surface area contributed by atoms with Crippen LogP contribution in [-0.4, -0.2) is 41.6 Å². The molecule has 0 radical (unpaired) electrons. The van der Waals surface area contributed by atoms with Crippen molar-refractivity contribution in [3.05, 3.63) is 33.0 Å². The van der Waals surface area contributed by atoms with Crippen molar-refractivity contribution in [1.82, 2.24) is 10.2 Å². The Morgan fingerprint density at radius 2 is 2.08 bits per heavy atom. The molecule has 1 atom stereocenters. The molecule has 0 aliphatic carbocycles. The Balaban J connectivity index is 1.96. The second-order valence-electron chi connectivity index (χ2n) is 6.64. The molecule has 0 unspecified atom stereocenters. The number of ether oxygens (including phenoxy) is 1. The lowest BCUT2D eigenvalue weighted by Crippen LogP contribution is -2.40. The normalized spacial score (nSPS) is 17.8. The van der Waals surface area contributed by atoms with E-state index in [1.54, 1.807) is 25.7 Å². The molecule has 1 aliphatic heterocycles. The van der Waals surface area contributed by atoms with Gasteiger partial charge in [0.25, 0.3) is 5.91 Å². The van der Waals surface area contributed by atoms with E-state index in [1.165, 1.54) is 6.07 Å². The topological polar surface area (TPSA) is 58.6 Å². The highest BCUT2D eigenvalue weighted by atomic mass is 79.9. The van der Waals surface area contributed by atoms with Crippen molar-refractivity contribution >= 4 is 39.5 Å². The Morgan fingerprint density at radius 1 is 1.42 bits per heavy atom. The number of rotatable bonds is 2. The second kappa shape index (κ2) is 7.27. The smallest absolute Gasteiger partial charge is 0.410 e. The van der Waals surface area contributed by atoms with Crippen molar-refractivity contribution in [2.45, 2.75) is 38.8 Å². The van der Waals surface area contributed by atoms with Crippen LogP contribution in [-0.2, 0) is 4.74 Å². The zero-order valence-corrected chi connectivity index (χ0v) is 16.0. The molecular weight excluding hydrogens is 403 g/mol. The molecule has 0 spiro atoms. The molecule has 0 aromatic heterocycles. The van der Waals surface area contributed by atoms with E-state index in [1.807, 2.05) is 0 Å². The Labute approximate surface area is 153 Å². The molecule has 132 valence electrons. The van der Waals surface area contributed by atoms with Gasteiger partial charge in [0, 0.05) is 29.2 Å². The van der Waals surface area contributed by atoms with Crippen LogP contribution in [0, 0.1) is 5.82 Å². The summed E-state index contributed by atoms with van der Waals surface area (Å²) in [5.74, 6) is -1.08. The van der Waals surface area contributed by atoms with Gasteiger partial charge in [0.2, 0.25) is 0 Å². The summed E-state index contributed by atoms with van der Waals surface area (Å²) < 4.78 is 19.3. The monoisotopic (exact) mass is 420 g/mol. The minimum absolute atomic E-state index is 0.0662. The molecule has 1 heterocycles. The molecule has 5 nitrogen and oxygen atoms in total. The molecule has 8 heteroatoms. The van der Waals surface area contributed by atoms with Gasteiger partial charge in [0.05, 0.1) is 5.02 Å². The molecule has 1 aliphatic rings. The predicted molar refractivity (Wildman–Crippen MR) is 92.8 cm³/mol. The maximum atomic E-state index is 13.6. The minimum atomic E-state index is -0.669. The lowest BCUT2D eigenvalue weighted by atomic mass is 10.2. The fourth-order valence-electron chi connectivity index (χ4n) is 2.33. The standard InChI is InChI=1S/C16H19BrClFN2O3/c1-16(2,3)24-15(23)21-5-4-10(8-21)20-14(22)9-6-11(17)13(18)12(19)7-9/h6-7,10H,4-5,8H2,1-3H3,(H,20,22)/t10-/m1/s1. The highest BCUT2D eigenvalue weighted by Gasteiger charge is 2.30. The Bertz CT molecular complexity index is 640. The third kappa shape index (κ3) is 4.83. The molecule has 0 saturated carbocycles. The summed E-state index contributed by atoms with van der Waals surface area (Å²) in [5, 5.41) is 2.73. The van der Waals surface area contributed by atoms with E-state index in [9.17, 15) is 14.0 Å². The molecule has 1 saturated heterocycles. The summed E-state index contributed by atoms with van der Waals surface area (Å²) >= 11 is 8.83. The number of benzene rings is 1. The van der Waals surface area contributed by atoms with Crippen LogP contribution in [0.4, 0.5) is 9.18 Å². The third-order valence-electron chi connectivity index (χ3n) is 3.42. The van der Waals surface area contributed by atoms with Crippen LogP contribution >= 0.6 is 27.5 Å². The first-order valence-electron chi connectivity index (χ1n) is 7.50. The van der Waals surface area contributed by atoms with E-state index < -0.39 is 23.4 Å². The summed E-state index contributed by atoms with van der Waals surface area (Å²) in [4.78, 5) is 25.8. The van der Waals surface area contributed by atoms with E-state index in [-0.39, 0.29) is 16.6 Å². The second-order valence-corrected chi connectivity index (χ2v) is 7.87. The van der Waals surface area contributed by atoms with Gasteiger partial charge in [-0.2, -0.15) is 0 Å². The maximum absolute atomic E-state index is 13.6. The number of nitrogens with one attached hydrogen (secondary N) is 1. The van der Waals surface area contributed by atoms with Gasteiger partial charge >= 0.3 is 6.09 Å². The molecule has 2 amide bonds. The number of hydrogen-bond acceptors (Lipinski definition) is 3. The molecule has 1 N–H and O–H groups in total. The molecule has 1 fully saturated rings. The average Bonchev–Trinajstić information content (AvgIpc) is 2.91. The highest BCUT2D eigenvalue weighted by molar-refractivity contribution is 9.10. The lowest BCUT2D eigenvalue weighted by Gasteiger charge is -2.24. The zero-order chi connectivity index (χ0) is 18.1. The first-order valence-corrected chi connectivity index (χ1v) is 8.67. The largest absolute Gasteiger partial charge is 0.444 e. The number of amides is 2. The van der Waals surface area contributed by atoms with Crippen molar-refractivity contribution in [2.24, 2.45) is 0 Å². The number of nitrogens with zero attached hydrogens (tertiary/aromatic N) is 1. The van der Waals surface area contributed by atoms with Gasteiger partial charge in [-0.1, -0.05) is 11.6 Å². The summed E-state index contributed by atoms with van der Waals surface area (Å²) in [7, 11) is 0. The molecule has 2 rings (SSSR count). The van der Waals surface area contributed by atoms with Gasteiger partial charge in [0.15, 0.2) is 0 Å². The Hall–Kier alpha value is -1.34. The predicted octanol–water partition coefficient (Wildman–Crippen LogP) is 3.98. The van der Waals surface area contributed by atoms with Crippen molar-refractivity contribution in [1.29, 1.82) is 0 Å². The van der Waals surface area contributed by atoms with E-state index in [2.05, 4.69) is 21.2 Å². The lowest BCUT2D eigenvalue weighted by molar-refractivity contribution is 0.0290. The van der Waals surface area contributed by atoms with Crippen LogP contribution in [0.2, 0.25) is 5.02 Å². The number of likely N-dealkylation sites (tertiary alicyclic amines) is 1. The van der Waals surface area contributed by atoms with Crippen LogP contribution in [0.3, 0.4) is 0 Å². The number of hydrogen-bond donors (Lipinski definition) is 1. The van der Waals surface area contributed by atoms with Crippen LogP contribution < -0.4 is 5.32 Å². The highest BCUT2D eigenvalue weighted by Crippen LogP contribution is 2.27. The van der Waals surface area contributed by atoms with Crippen LogP contribution in [0.5, 0.6) is 0 Å². The first-order chi connectivity index (χ1) is 11.1. The quantitative estimate of drug-likeness (QED) is 0.735. The average molecular weight is 422 g/mol. The van der Waals surface area contributed by atoms with Gasteiger partial charge < -0.3 is 15.0 Å². The van der Waals surface area contributed by atoms with Crippen molar-refractivity contribution in [3.8, 4) is 0 Å². The fourth-order valence-corrected chi connectivity index (χ4v) is 2.87. The SMILES string of the molecule is CC(C)(C)OC(=O)N1CC[C@@H](NC(=O)c2cc(F)c(Cl)c(Br)c2)C1. The number of carbonyl (C=O) groups excluding carboxylic acids is 2. The Morgan fingerprint density at radius 3 is 2.67 bits per heavy atom. The van der Waals surface area contributed by atoms with Crippen molar-refractivity contribution in [3.63, 3.8) is 0 Å². The summed E-state index contributed by atoms with van der Waals surface area (Å²) in [6.07, 6.45) is 0.210. The van der Waals surface area contributed by atoms with Gasteiger partial charge in [-0.05, 0) is 55.3 Å². The summed E-state index contributed by atoms with van der Waals surface area (Å²) in [5.41, 5.74) is -0.398. The molecule has 1 aromatic carbocycles. The molecular formula is C16H19BrClFN2O3. The molecule has 1 aromatic rings. The Kier molecular flexibility index (Phi) is 5.75. The summed E-state index contributed by atoms with van der Waals surface area (Å²) in [6.45, 7) is 6.25. The van der Waals surface area contributed by atoms with Crippen molar-refractivity contribution in [2.75, 3.05) is 13.1 Å². The summed E-state index contributed by atoms with van der Waals surface area (Å²) in [6, 6.07) is 2.34. The molecule has 24 heavy (non-hydrogen) atoms. The minimum Gasteiger partial charge on any atom is -0.444 e. The van der Waals surface area contributed by atoms with E-state index in [0.717, 1.165) is 6.07 Å². The number of halogens is 3. The van der Waals surface area contributed by atoms with Gasteiger partial charge in [-0.15, -0.1) is 0 Å². The zero-order valence-electron chi connectivity index (χ0n) is 13.7. The van der Waals surface area contributed by atoms with E-state index >= 15 is 0 Å². The first kappa shape index (κ1) is 19.0. The van der Waals surface area contributed by atoms with Gasteiger partial charge in [0.1, 0.15) is 11.4 Å². The van der Waals surface area contributed by atoms with E-state index in [4.69, 9.17) is 16.3 Å². The van der Waals surface area contributed by atoms with Crippen LogP contribution in [0.1, 0.15) is 37.6 Å². The maximum Gasteiger partial charge on any atom is 0.410 e. The van der Waals surface area contributed by atoms with Crippen LogP contribution in [0.15, 0.2) is 16.6 Å². The third-order valence-corrected chi connectivity index (χ3v) is 4.66.